The van der Waals surface area contributed by atoms with Crippen molar-refractivity contribution < 1.29 is 14.1 Å². The predicted octanol–water partition coefficient (Wildman–Crippen LogP) is 3.82. The van der Waals surface area contributed by atoms with E-state index in [-0.39, 0.29) is 5.91 Å². The number of anilines is 1. The summed E-state index contributed by atoms with van der Waals surface area (Å²) in [5.74, 6) is 2.74. The Morgan fingerprint density at radius 3 is 2.41 bits per heavy atom. The third kappa shape index (κ3) is 3.53. The highest BCUT2D eigenvalue weighted by molar-refractivity contribution is 6.04. The monoisotopic (exact) mass is 369 g/mol. The van der Waals surface area contributed by atoms with E-state index in [2.05, 4.69) is 17.0 Å². The van der Waals surface area contributed by atoms with Gasteiger partial charge in [-0.25, -0.2) is 0 Å². The van der Waals surface area contributed by atoms with Crippen LogP contribution in [0.2, 0.25) is 0 Å². The molecular weight excluding hydrogens is 342 g/mol. The number of rotatable bonds is 4. The topological polar surface area (TPSA) is 58.8 Å². The maximum atomic E-state index is 13.4. The van der Waals surface area contributed by atoms with Crippen molar-refractivity contribution in [3.8, 4) is 17.1 Å². The quantitative estimate of drug-likeness (QED) is 0.820. The van der Waals surface area contributed by atoms with E-state index in [0.717, 1.165) is 63.2 Å². The molecule has 2 aliphatic rings. The molecule has 0 aliphatic carbocycles. The van der Waals surface area contributed by atoms with Crippen molar-refractivity contribution in [1.29, 1.82) is 0 Å². The molecular formula is C21H27N3O3. The molecule has 3 heterocycles. The van der Waals surface area contributed by atoms with Crippen LogP contribution in [0.4, 0.5) is 5.82 Å². The van der Waals surface area contributed by atoms with Crippen LogP contribution in [0.5, 0.6) is 5.75 Å². The van der Waals surface area contributed by atoms with Gasteiger partial charge in [0.2, 0.25) is 0 Å². The number of carbonyl (C=O) groups is 1. The van der Waals surface area contributed by atoms with E-state index in [9.17, 15) is 4.79 Å². The van der Waals surface area contributed by atoms with Crippen molar-refractivity contribution in [2.45, 2.75) is 32.6 Å². The average Bonchev–Trinajstić information content (AvgIpc) is 3.37. The third-order valence-corrected chi connectivity index (χ3v) is 5.72. The number of likely N-dealkylation sites (tertiary alicyclic amines) is 1. The molecule has 0 radical (unpaired) electrons. The molecule has 0 spiro atoms. The van der Waals surface area contributed by atoms with Crippen LogP contribution in [0, 0.1) is 5.92 Å². The zero-order chi connectivity index (χ0) is 18.8. The molecule has 1 aromatic carbocycles. The molecule has 2 fully saturated rings. The Morgan fingerprint density at radius 1 is 1.11 bits per heavy atom. The number of nitrogens with zero attached hydrogens (tertiary/aromatic N) is 3. The lowest BCUT2D eigenvalue weighted by molar-refractivity contribution is 0.0698. The Bertz CT molecular complexity index is 786. The Labute approximate surface area is 160 Å². The van der Waals surface area contributed by atoms with Crippen molar-refractivity contribution in [3.63, 3.8) is 0 Å². The number of aromatic nitrogens is 1. The smallest absolute Gasteiger partial charge is 0.261 e. The van der Waals surface area contributed by atoms with Crippen LogP contribution in [-0.2, 0) is 0 Å². The second-order valence-electron chi connectivity index (χ2n) is 7.61. The van der Waals surface area contributed by atoms with Gasteiger partial charge in [0, 0.05) is 31.7 Å². The van der Waals surface area contributed by atoms with Gasteiger partial charge in [-0.05, 0) is 55.9 Å². The first-order chi connectivity index (χ1) is 13.2. The van der Waals surface area contributed by atoms with Crippen molar-refractivity contribution >= 4 is 11.7 Å². The summed E-state index contributed by atoms with van der Waals surface area (Å²) < 4.78 is 11.0. The number of ether oxygens (including phenoxy) is 1. The summed E-state index contributed by atoms with van der Waals surface area (Å²) in [5, 5.41) is 4.32. The molecule has 0 atom stereocenters. The summed E-state index contributed by atoms with van der Waals surface area (Å²) in [6.07, 6.45) is 4.35. The summed E-state index contributed by atoms with van der Waals surface area (Å²) in [5.41, 5.74) is 1.46. The van der Waals surface area contributed by atoms with Crippen molar-refractivity contribution in [2.75, 3.05) is 38.2 Å². The van der Waals surface area contributed by atoms with Crippen LogP contribution >= 0.6 is 0 Å². The van der Waals surface area contributed by atoms with E-state index in [1.807, 2.05) is 29.2 Å². The number of methoxy groups -OCH3 is 1. The summed E-state index contributed by atoms with van der Waals surface area (Å²) in [6, 6.07) is 7.60. The van der Waals surface area contributed by atoms with Crippen LogP contribution < -0.4 is 9.64 Å². The maximum Gasteiger partial charge on any atom is 0.261 e. The average molecular weight is 369 g/mol. The molecule has 0 saturated carbocycles. The Kier molecular flexibility index (Phi) is 5.05. The van der Waals surface area contributed by atoms with E-state index in [1.165, 1.54) is 0 Å². The Balaban J connectivity index is 1.71. The first kappa shape index (κ1) is 17.9. The molecule has 2 saturated heterocycles. The standard InChI is InChI=1S/C21H27N3O3/c1-15-9-13-24(14-10-15)21(25)18-19(16-5-7-17(26-2)8-6-16)27-22-20(18)23-11-3-4-12-23/h5-8,15H,3-4,9-14H2,1-2H3. The van der Waals surface area contributed by atoms with Crippen molar-refractivity contribution in [1.82, 2.24) is 10.1 Å². The molecule has 0 bridgehead atoms. The second-order valence-corrected chi connectivity index (χ2v) is 7.61. The van der Waals surface area contributed by atoms with Gasteiger partial charge < -0.3 is 19.1 Å². The number of benzene rings is 1. The number of hydrogen-bond donors (Lipinski definition) is 0. The molecule has 6 nitrogen and oxygen atoms in total. The van der Waals surface area contributed by atoms with Gasteiger partial charge >= 0.3 is 0 Å². The van der Waals surface area contributed by atoms with E-state index < -0.39 is 0 Å². The first-order valence-electron chi connectivity index (χ1n) is 9.85. The van der Waals surface area contributed by atoms with E-state index >= 15 is 0 Å². The largest absolute Gasteiger partial charge is 0.497 e. The minimum Gasteiger partial charge on any atom is -0.497 e. The van der Waals surface area contributed by atoms with Crippen molar-refractivity contribution in [3.05, 3.63) is 29.8 Å². The minimum atomic E-state index is 0.0378. The molecule has 2 aromatic rings. The summed E-state index contributed by atoms with van der Waals surface area (Å²) in [7, 11) is 1.64. The summed E-state index contributed by atoms with van der Waals surface area (Å²) >= 11 is 0. The normalized spacial score (nSPS) is 18.1. The molecule has 6 heteroatoms. The number of carbonyl (C=O) groups excluding carboxylic acids is 1. The number of amides is 1. The molecule has 0 N–H and O–H groups in total. The maximum absolute atomic E-state index is 13.4. The lowest BCUT2D eigenvalue weighted by Crippen LogP contribution is -2.38. The van der Waals surface area contributed by atoms with Gasteiger partial charge in [0.05, 0.1) is 7.11 Å². The highest BCUT2D eigenvalue weighted by Gasteiger charge is 2.32. The van der Waals surface area contributed by atoms with Gasteiger partial charge in [0.15, 0.2) is 11.6 Å². The van der Waals surface area contributed by atoms with Gasteiger partial charge in [0.25, 0.3) is 5.91 Å². The van der Waals surface area contributed by atoms with Crippen LogP contribution in [0.3, 0.4) is 0 Å². The molecule has 1 amide bonds. The number of piperidine rings is 1. The molecule has 144 valence electrons. The van der Waals surface area contributed by atoms with E-state index in [1.54, 1.807) is 7.11 Å². The summed E-state index contributed by atoms with van der Waals surface area (Å²) in [6.45, 7) is 5.69. The van der Waals surface area contributed by atoms with Crippen LogP contribution in [-0.4, -0.2) is 49.3 Å². The van der Waals surface area contributed by atoms with Gasteiger partial charge in [-0.15, -0.1) is 0 Å². The lowest BCUT2D eigenvalue weighted by atomic mass is 9.98. The third-order valence-electron chi connectivity index (χ3n) is 5.72. The van der Waals surface area contributed by atoms with Crippen LogP contribution in [0.1, 0.15) is 43.0 Å². The molecule has 4 rings (SSSR count). The molecule has 0 unspecified atom stereocenters. The Hall–Kier alpha value is -2.50. The van der Waals surface area contributed by atoms with Gasteiger partial charge in [-0.3, -0.25) is 4.79 Å². The highest BCUT2D eigenvalue weighted by Crippen LogP contribution is 2.35. The van der Waals surface area contributed by atoms with Gasteiger partial charge in [-0.1, -0.05) is 12.1 Å². The van der Waals surface area contributed by atoms with Gasteiger partial charge in [-0.2, -0.15) is 0 Å². The minimum absolute atomic E-state index is 0.0378. The zero-order valence-electron chi connectivity index (χ0n) is 16.1. The lowest BCUT2D eigenvalue weighted by Gasteiger charge is -2.30. The fraction of sp³-hybridized carbons (Fsp3) is 0.524. The predicted molar refractivity (Wildman–Crippen MR) is 104 cm³/mol. The van der Waals surface area contributed by atoms with E-state index in [0.29, 0.717) is 23.1 Å². The second kappa shape index (κ2) is 7.62. The SMILES string of the molecule is COc1ccc(-c2onc(N3CCCC3)c2C(=O)N2CCC(C)CC2)cc1. The molecule has 2 aliphatic heterocycles. The van der Waals surface area contributed by atoms with Gasteiger partial charge in [0.1, 0.15) is 11.3 Å². The number of hydrogen-bond acceptors (Lipinski definition) is 5. The fourth-order valence-corrected chi connectivity index (χ4v) is 3.93. The first-order valence-corrected chi connectivity index (χ1v) is 9.85. The molecule has 1 aromatic heterocycles. The Morgan fingerprint density at radius 2 is 1.78 bits per heavy atom. The highest BCUT2D eigenvalue weighted by atomic mass is 16.5. The summed E-state index contributed by atoms with van der Waals surface area (Å²) in [4.78, 5) is 17.6. The fourth-order valence-electron chi connectivity index (χ4n) is 3.93. The zero-order valence-corrected chi connectivity index (χ0v) is 16.1. The van der Waals surface area contributed by atoms with Crippen LogP contribution in [0.15, 0.2) is 28.8 Å². The van der Waals surface area contributed by atoms with E-state index in [4.69, 9.17) is 9.26 Å². The molecule has 27 heavy (non-hydrogen) atoms. The van der Waals surface area contributed by atoms with Crippen LogP contribution in [0.25, 0.3) is 11.3 Å². The van der Waals surface area contributed by atoms with Crippen molar-refractivity contribution in [2.24, 2.45) is 5.92 Å².